The molecule has 0 aliphatic carbocycles. The first-order valence-electron chi connectivity index (χ1n) is 5.06. The van der Waals surface area contributed by atoms with Gasteiger partial charge in [-0.15, -0.1) is 0 Å². The minimum atomic E-state index is 0.522. The van der Waals surface area contributed by atoms with E-state index in [1.807, 2.05) is 19.1 Å². The van der Waals surface area contributed by atoms with Crippen LogP contribution in [0.25, 0.3) is 0 Å². The Hall–Kier alpha value is -1.49. The summed E-state index contributed by atoms with van der Waals surface area (Å²) in [6.45, 7) is 2.01. The third kappa shape index (κ3) is 2.76. The molecule has 0 amide bonds. The molecule has 0 radical (unpaired) electrons. The fraction of sp³-hybridized carbons (Fsp3) is 0.273. The highest BCUT2D eigenvalue weighted by Crippen LogP contribution is 2.22. The number of anilines is 1. The summed E-state index contributed by atoms with van der Waals surface area (Å²) in [5.41, 5.74) is 5.70. The maximum atomic E-state index is 5.70. The topological polar surface area (TPSA) is 64.9 Å². The lowest BCUT2D eigenvalue weighted by molar-refractivity contribution is 0.530. The predicted octanol–water partition coefficient (Wildman–Crippen LogP) is 2.51. The zero-order chi connectivity index (χ0) is 11.4. The number of rotatable bonds is 4. The molecule has 0 saturated carbocycles. The average Bonchev–Trinajstić information content (AvgIpc) is 2.78. The van der Waals surface area contributed by atoms with E-state index in [4.69, 9.17) is 10.2 Å². The minimum Gasteiger partial charge on any atom is -0.468 e. The first-order valence-corrected chi connectivity index (χ1v) is 6.05. The number of hydrogen-bond acceptors (Lipinski definition) is 5. The fourth-order valence-corrected chi connectivity index (χ4v) is 2.09. The number of nitrogens with two attached hydrogens (primary N) is 1. The molecule has 0 atom stereocenters. The molecule has 0 fully saturated rings. The normalized spacial score (nSPS) is 10.6. The van der Waals surface area contributed by atoms with Crippen molar-refractivity contribution in [3.8, 4) is 0 Å². The second kappa shape index (κ2) is 5.03. The summed E-state index contributed by atoms with van der Waals surface area (Å²) in [6, 6.07) is 5.60. The van der Waals surface area contributed by atoms with Gasteiger partial charge in [0.15, 0.2) is 0 Å². The third-order valence-electron chi connectivity index (χ3n) is 2.03. The lowest BCUT2D eigenvalue weighted by atomic mass is 10.4. The van der Waals surface area contributed by atoms with Crippen LogP contribution in [0.3, 0.4) is 0 Å². The Morgan fingerprint density at radius 3 is 3.00 bits per heavy atom. The molecule has 2 heterocycles. The Labute approximate surface area is 98.3 Å². The molecule has 5 heteroatoms. The van der Waals surface area contributed by atoms with Gasteiger partial charge in [0.2, 0.25) is 0 Å². The van der Waals surface area contributed by atoms with Crippen molar-refractivity contribution in [3.05, 3.63) is 36.0 Å². The molecule has 2 aromatic heterocycles. The molecule has 0 bridgehead atoms. The van der Waals surface area contributed by atoms with Crippen molar-refractivity contribution in [3.63, 3.8) is 0 Å². The van der Waals surface area contributed by atoms with Gasteiger partial charge in [-0.3, -0.25) is 0 Å². The predicted molar refractivity (Wildman–Crippen MR) is 64.1 cm³/mol. The van der Waals surface area contributed by atoms with Crippen molar-refractivity contribution >= 4 is 17.6 Å². The van der Waals surface area contributed by atoms with E-state index in [0.717, 1.165) is 28.8 Å². The lowest BCUT2D eigenvalue weighted by Crippen LogP contribution is -1.99. The van der Waals surface area contributed by atoms with Crippen molar-refractivity contribution in [2.45, 2.75) is 24.1 Å². The molecule has 0 aromatic carbocycles. The summed E-state index contributed by atoms with van der Waals surface area (Å²) in [5, 5.41) is 0.890. The van der Waals surface area contributed by atoms with Gasteiger partial charge in [0.05, 0.1) is 12.0 Å². The van der Waals surface area contributed by atoms with Gasteiger partial charge in [-0.2, -0.15) is 0 Å². The fourth-order valence-electron chi connectivity index (χ4n) is 1.26. The van der Waals surface area contributed by atoms with Gasteiger partial charge in [0.1, 0.15) is 22.4 Å². The maximum absolute atomic E-state index is 5.70. The molecule has 0 saturated heterocycles. The molecule has 16 heavy (non-hydrogen) atoms. The van der Waals surface area contributed by atoms with Crippen LogP contribution in [0.15, 0.2) is 33.9 Å². The monoisotopic (exact) mass is 235 g/mol. The van der Waals surface area contributed by atoms with Gasteiger partial charge >= 0.3 is 0 Å². The Bertz CT molecular complexity index is 456. The van der Waals surface area contributed by atoms with Crippen LogP contribution in [-0.4, -0.2) is 9.97 Å². The van der Waals surface area contributed by atoms with E-state index in [-0.39, 0.29) is 0 Å². The highest BCUT2D eigenvalue weighted by atomic mass is 32.2. The third-order valence-corrected chi connectivity index (χ3v) is 2.96. The van der Waals surface area contributed by atoms with Crippen LogP contribution in [0.5, 0.6) is 0 Å². The van der Waals surface area contributed by atoms with Gasteiger partial charge in [-0.05, 0) is 12.1 Å². The number of furan rings is 1. The Balaban J connectivity index is 2.06. The Morgan fingerprint density at radius 1 is 1.44 bits per heavy atom. The van der Waals surface area contributed by atoms with Crippen molar-refractivity contribution < 1.29 is 4.42 Å². The molecule has 4 nitrogen and oxygen atoms in total. The first kappa shape index (κ1) is 11.0. The van der Waals surface area contributed by atoms with E-state index >= 15 is 0 Å². The summed E-state index contributed by atoms with van der Waals surface area (Å²) in [7, 11) is 0. The zero-order valence-corrected chi connectivity index (χ0v) is 9.83. The molecule has 0 spiro atoms. The van der Waals surface area contributed by atoms with E-state index in [9.17, 15) is 0 Å². The molecule has 0 aliphatic heterocycles. The average molecular weight is 235 g/mol. The van der Waals surface area contributed by atoms with Crippen molar-refractivity contribution in [1.29, 1.82) is 0 Å². The van der Waals surface area contributed by atoms with Crippen LogP contribution in [-0.2, 0) is 12.2 Å². The summed E-state index contributed by atoms with van der Waals surface area (Å²) < 4.78 is 5.25. The van der Waals surface area contributed by atoms with E-state index in [1.54, 1.807) is 24.1 Å². The van der Waals surface area contributed by atoms with Crippen molar-refractivity contribution in [1.82, 2.24) is 9.97 Å². The number of nitrogen functional groups attached to an aromatic ring is 1. The highest BCUT2D eigenvalue weighted by Gasteiger charge is 2.03. The molecule has 84 valence electrons. The van der Waals surface area contributed by atoms with Crippen LogP contribution in [0.1, 0.15) is 18.5 Å². The van der Waals surface area contributed by atoms with Crippen molar-refractivity contribution in [2.24, 2.45) is 0 Å². The molecule has 2 N–H and O–H groups in total. The van der Waals surface area contributed by atoms with E-state index < -0.39 is 0 Å². The van der Waals surface area contributed by atoms with Gasteiger partial charge < -0.3 is 10.2 Å². The number of aromatic nitrogens is 2. The molecule has 2 aromatic rings. The Kier molecular flexibility index (Phi) is 3.46. The maximum Gasteiger partial charge on any atom is 0.131 e. The summed E-state index contributed by atoms with van der Waals surface area (Å²) in [5.74, 6) is 2.99. The van der Waals surface area contributed by atoms with E-state index in [1.165, 1.54) is 0 Å². The van der Waals surface area contributed by atoms with Crippen molar-refractivity contribution in [2.75, 3.05) is 5.73 Å². The number of thioether (sulfide) groups is 1. The highest BCUT2D eigenvalue weighted by molar-refractivity contribution is 7.98. The van der Waals surface area contributed by atoms with Gasteiger partial charge in [0.25, 0.3) is 0 Å². The van der Waals surface area contributed by atoms with E-state index in [0.29, 0.717) is 5.82 Å². The molecular formula is C11H13N3OS. The smallest absolute Gasteiger partial charge is 0.131 e. The lowest BCUT2D eigenvalue weighted by Gasteiger charge is -2.02. The summed E-state index contributed by atoms with van der Waals surface area (Å²) in [4.78, 5) is 8.51. The second-order valence-electron chi connectivity index (χ2n) is 3.27. The molecule has 0 aliphatic rings. The molecule has 2 rings (SSSR count). The van der Waals surface area contributed by atoms with Gasteiger partial charge in [-0.25, -0.2) is 9.97 Å². The SMILES string of the molecule is CCc1nc(N)cc(SCc2ccco2)n1. The quantitative estimate of drug-likeness (QED) is 0.651. The minimum absolute atomic E-state index is 0.522. The zero-order valence-electron chi connectivity index (χ0n) is 9.01. The van der Waals surface area contributed by atoms with Crippen LogP contribution >= 0.6 is 11.8 Å². The number of hydrogen-bond donors (Lipinski definition) is 1. The summed E-state index contributed by atoms with van der Waals surface area (Å²) >= 11 is 1.60. The molecule has 0 unspecified atom stereocenters. The first-order chi connectivity index (χ1) is 7.78. The Morgan fingerprint density at radius 2 is 2.31 bits per heavy atom. The number of nitrogens with zero attached hydrogens (tertiary/aromatic N) is 2. The van der Waals surface area contributed by atoms with Crippen LogP contribution in [0, 0.1) is 0 Å². The largest absolute Gasteiger partial charge is 0.468 e. The second-order valence-corrected chi connectivity index (χ2v) is 4.26. The van der Waals surface area contributed by atoms with Gasteiger partial charge in [-0.1, -0.05) is 18.7 Å². The number of aryl methyl sites for hydroxylation is 1. The standard InChI is InChI=1S/C11H13N3OS/c1-2-10-13-9(12)6-11(14-10)16-7-8-4-3-5-15-8/h3-6H,2,7H2,1H3,(H2,12,13,14). The van der Waals surface area contributed by atoms with Crippen LogP contribution < -0.4 is 5.73 Å². The summed E-state index contributed by atoms with van der Waals surface area (Å²) in [6.07, 6.45) is 2.46. The van der Waals surface area contributed by atoms with Gasteiger partial charge in [0, 0.05) is 12.5 Å². The van der Waals surface area contributed by atoms with Crippen LogP contribution in [0.4, 0.5) is 5.82 Å². The van der Waals surface area contributed by atoms with E-state index in [2.05, 4.69) is 9.97 Å². The van der Waals surface area contributed by atoms with Crippen LogP contribution in [0.2, 0.25) is 0 Å². The molecular weight excluding hydrogens is 222 g/mol.